The third-order valence-electron chi connectivity index (χ3n) is 1.83. The zero-order valence-corrected chi connectivity index (χ0v) is 10.3. The summed E-state index contributed by atoms with van der Waals surface area (Å²) in [7, 11) is 1.73. The Balaban J connectivity index is 2.29. The number of nitrogens with two attached hydrogens (primary N) is 1. The largest absolute Gasteiger partial charge is 0.368 e. The van der Waals surface area contributed by atoms with Crippen LogP contribution in [0.5, 0.6) is 0 Å². The highest BCUT2D eigenvalue weighted by atomic mass is 32.2. The number of aromatic nitrogens is 2. The second-order valence-electron chi connectivity index (χ2n) is 2.97. The Morgan fingerprint density at radius 2 is 2.40 bits per heavy atom. The van der Waals surface area contributed by atoms with Crippen molar-refractivity contribution in [2.24, 2.45) is 5.73 Å². The van der Waals surface area contributed by atoms with Gasteiger partial charge in [0.2, 0.25) is 5.91 Å². The Labute approximate surface area is 96.8 Å². The average Bonchev–Trinajstić information content (AvgIpc) is 2.58. The molecule has 5 nitrogen and oxygen atoms in total. The molecule has 0 saturated carbocycles. The van der Waals surface area contributed by atoms with E-state index in [1.165, 1.54) is 0 Å². The molecule has 0 fully saturated rings. The zero-order chi connectivity index (χ0) is 11.3. The highest BCUT2D eigenvalue weighted by Gasteiger charge is 2.12. The van der Waals surface area contributed by atoms with Gasteiger partial charge in [0.05, 0.1) is 6.04 Å². The molecule has 1 rings (SSSR count). The molecule has 84 valence electrons. The first kappa shape index (κ1) is 12.4. The number of thioether (sulfide) groups is 1. The molecular formula is C8H14N4OS2. The Morgan fingerprint density at radius 3 is 2.87 bits per heavy atom. The van der Waals surface area contributed by atoms with Crippen LogP contribution < -0.4 is 11.1 Å². The van der Waals surface area contributed by atoms with Crippen LogP contribution in [-0.4, -0.2) is 34.9 Å². The van der Waals surface area contributed by atoms with Gasteiger partial charge in [-0.15, -0.1) is 10.2 Å². The number of primary amides is 1. The van der Waals surface area contributed by atoms with Crippen molar-refractivity contribution in [3.63, 3.8) is 0 Å². The molecular weight excluding hydrogens is 232 g/mol. The minimum atomic E-state index is -0.313. The molecule has 0 aromatic carbocycles. The standard InChI is InChI=1S/C8H14N4OS2/c1-5-11-12-8(15-5)14-4-3-6(10-2)7(9)13/h6,10H,3-4H2,1-2H3,(H2,9,13). The Bertz CT molecular complexity index is 328. The van der Waals surface area contributed by atoms with E-state index in [0.717, 1.165) is 15.1 Å². The summed E-state index contributed by atoms with van der Waals surface area (Å²) in [4.78, 5) is 10.9. The van der Waals surface area contributed by atoms with Gasteiger partial charge in [-0.2, -0.15) is 0 Å². The van der Waals surface area contributed by atoms with Crippen molar-refractivity contribution in [2.75, 3.05) is 12.8 Å². The predicted octanol–water partition coefficient (Wildman–Crippen LogP) is 0.402. The van der Waals surface area contributed by atoms with Crippen molar-refractivity contribution < 1.29 is 4.79 Å². The summed E-state index contributed by atoms with van der Waals surface area (Å²) < 4.78 is 0.937. The van der Waals surface area contributed by atoms with Crippen molar-refractivity contribution >= 4 is 29.0 Å². The lowest BCUT2D eigenvalue weighted by Crippen LogP contribution is -2.39. The smallest absolute Gasteiger partial charge is 0.234 e. The molecule has 0 saturated heterocycles. The molecule has 3 N–H and O–H groups in total. The first-order valence-electron chi connectivity index (χ1n) is 4.53. The predicted molar refractivity (Wildman–Crippen MR) is 62.0 cm³/mol. The van der Waals surface area contributed by atoms with Crippen LogP contribution in [0.1, 0.15) is 11.4 Å². The number of carbonyl (C=O) groups excluding carboxylic acids is 1. The van der Waals surface area contributed by atoms with Crippen LogP contribution in [0.15, 0.2) is 4.34 Å². The van der Waals surface area contributed by atoms with Crippen LogP contribution in [0.2, 0.25) is 0 Å². The molecule has 1 atom stereocenters. The number of rotatable bonds is 6. The van der Waals surface area contributed by atoms with Gasteiger partial charge in [-0.25, -0.2) is 0 Å². The van der Waals surface area contributed by atoms with Crippen LogP contribution in [0, 0.1) is 6.92 Å². The molecule has 0 radical (unpaired) electrons. The Hall–Kier alpha value is -0.660. The van der Waals surface area contributed by atoms with E-state index < -0.39 is 0 Å². The van der Waals surface area contributed by atoms with Gasteiger partial charge in [0.25, 0.3) is 0 Å². The number of nitrogens with zero attached hydrogens (tertiary/aromatic N) is 2. The van der Waals surface area contributed by atoms with Crippen LogP contribution in [0.4, 0.5) is 0 Å². The lowest BCUT2D eigenvalue weighted by molar-refractivity contribution is -0.119. The van der Waals surface area contributed by atoms with Gasteiger partial charge in [-0.3, -0.25) is 4.79 Å². The molecule has 1 heterocycles. The summed E-state index contributed by atoms with van der Waals surface area (Å²) in [5, 5.41) is 11.7. The molecule has 0 bridgehead atoms. The maximum absolute atomic E-state index is 10.9. The van der Waals surface area contributed by atoms with Crippen LogP contribution in [0.25, 0.3) is 0 Å². The van der Waals surface area contributed by atoms with E-state index in [2.05, 4.69) is 15.5 Å². The maximum atomic E-state index is 10.9. The minimum absolute atomic E-state index is 0.258. The van der Waals surface area contributed by atoms with Crippen molar-refractivity contribution in [2.45, 2.75) is 23.7 Å². The summed E-state index contributed by atoms with van der Waals surface area (Å²) in [5.41, 5.74) is 5.19. The molecule has 0 spiro atoms. The molecule has 7 heteroatoms. The summed E-state index contributed by atoms with van der Waals surface area (Å²) in [6.07, 6.45) is 0.703. The van der Waals surface area contributed by atoms with Gasteiger partial charge < -0.3 is 11.1 Å². The molecule has 15 heavy (non-hydrogen) atoms. The molecule has 1 amide bonds. The van der Waals surface area contributed by atoms with E-state index in [1.807, 2.05) is 6.92 Å². The van der Waals surface area contributed by atoms with Gasteiger partial charge in [0.1, 0.15) is 5.01 Å². The van der Waals surface area contributed by atoms with E-state index >= 15 is 0 Å². The van der Waals surface area contributed by atoms with Gasteiger partial charge in [0.15, 0.2) is 4.34 Å². The van der Waals surface area contributed by atoms with E-state index in [1.54, 1.807) is 30.1 Å². The van der Waals surface area contributed by atoms with Crippen molar-refractivity contribution in [3.8, 4) is 0 Å². The Kier molecular flexibility index (Phi) is 5.00. The zero-order valence-electron chi connectivity index (χ0n) is 8.69. The van der Waals surface area contributed by atoms with Gasteiger partial charge in [-0.1, -0.05) is 23.1 Å². The van der Waals surface area contributed by atoms with E-state index in [0.29, 0.717) is 6.42 Å². The lowest BCUT2D eigenvalue weighted by Gasteiger charge is -2.10. The van der Waals surface area contributed by atoms with Crippen molar-refractivity contribution in [1.82, 2.24) is 15.5 Å². The maximum Gasteiger partial charge on any atom is 0.234 e. The van der Waals surface area contributed by atoms with E-state index in [-0.39, 0.29) is 11.9 Å². The third-order valence-corrected chi connectivity index (χ3v) is 3.84. The normalized spacial score (nSPS) is 12.7. The molecule has 1 aromatic heterocycles. The van der Waals surface area contributed by atoms with Crippen LogP contribution in [-0.2, 0) is 4.79 Å². The average molecular weight is 246 g/mol. The lowest BCUT2D eigenvalue weighted by atomic mass is 10.2. The third kappa shape index (κ3) is 4.15. The number of hydrogen-bond donors (Lipinski definition) is 2. The number of nitrogens with one attached hydrogen (secondary N) is 1. The van der Waals surface area contributed by atoms with Crippen molar-refractivity contribution in [3.05, 3.63) is 5.01 Å². The summed E-state index contributed by atoms with van der Waals surface area (Å²) in [6, 6.07) is -0.258. The first-order chi connectivity index (χ1) is 7.13. The second-order valence-corrected chi connectivity index (χ2v) is 5.49. The monoisotopic (exact) mass is 246 g/mol. The SMILES string of the molecule is CNC(CCSc1nnc(C)s1)C(N)=O. The number of hydrogen-bond acceptors (Lipinski definition) is 6. The molecule has 1 aromatic rings. The summed E-state index contributed by atoms with van der Waals surface area (Å²) >= 11 is 3.16. The van der Waals surface area contributed by atoms with Gasteiger partial charge in [0, 0.05) is 5.75 Å². The molecule has 0 aliphatic heterocycles. The molecule has 0 aliphatic carbocycles. The van der Waals surface area contributed by atoms with Gasteiger partial charge >= 0.3 is 0 Å². The first-order valence-corrected chi connectivity index (χ1v) is 6.33. The summed E-state index contributed by atoms with van der Waals surface area (Å²) in [6.45, 7) is 1.92. The highest BCUT2D eigenvalue weighted by molar-refractivity contribution is 8.01. The number of amides is 1. The van der Waals surface area contributed by atoms with E-state index in [9.17, 15) is 4.79 Å². The fourth-order valence-corrected chi connectivity index (χ4v) is 2.92. The van der Waals surface area contributed by atoms with Gasteiger partial charge in [-0.05, 0) is 20.4 Å². The quantitative estimate of drug-likeness (QED) is 0.710. The Morgan fingerprint density at radius 1 is 1.67 bits per heavy atom. The van der Waals surface area contributed by atoms with Crippen LogP contribution >= 0.6 is 23.1 Å². The van der Waals surface area contributed by atoms with E-state index in [4.69, 9.17) is 5.73 Å². The van der Waals surface area contributed by atoms with Crippen molar-refractivity contribution in [1.29, 1.82) is 0 Å². The van der Waals surface area contributed by atoms with Crippen LogP contribution in [0.3, 0.4) is 0 Å². The summed E-state index contributed by atoms with van der Waals surface area (Å²) in [5.74, 6) is 0.495. The topological polar surface area (TPSA) is 80.9 Å². The molecule has 0 aliphatic rings. The number of aryl methyl sites for hydroxylation is 1. The number of likely N-dealkylation sites (N-methyl/N-ethyl adjacent to an activating group) is 1. The molecule has 1 unspecified atom stereocenters. The fraction of sp³-hybridized carbons (Fsp3) is 0.625. The minimum Gasteiger partial charge on any atom is -0.368 e. The number of carbonyl (C=O) groups is 1. The second kappa shape index (κ2) is 6.04. The highest BCUT2D eigenvalue weighted by Crippen LogP contribution is 2.22. The fourth-order valence-electron chi connectivity index (χ4n) is 1.03.